The highest BCUT2D eigenvalue weighted by Gasteiger charge is 2.09. The zero-order valence-corrected chi connectivity index (χ0v) is 13.7. The van der Waals surface area contributed by atoms with Gasteiger partial charge in [0.15, 0.2) is 0 Å². The predicted molar refractivity (Wildman–Crippen MR) is 92.1 cm³/mol. The third-order valence-corrected chi connectivity index (χ3v) is 4.25. The van der Waals surface area contributed by atoms with Crippen LogP contribution < -0.4 is 9.47 Å². The van der Waals surface area contributed by atoms with Gasteiger partial charge in [-0.2, -0.15) is 0 Å². The maximum Gasteiger partial charge on any atom is 0.335 e. The van der Waals surface area contributed by atoms with E-state index in [0.29, 0.717) is 19.0 Å². The Hall–Kier alpha value is -2.49. The van der Waals surface area contributed by atoms with Gasteiger partial charge in [0.1, 0.15) is 11.5 Å². The zero-order chi connectivity index (χ0) is 16.8. The molecule has 3 rings (SSSR count). The minimum absolute atomic E-state index is 0.262. The van der Waals surface area contributed by atoms with Crippen LogP contribution in [-0.4, -0.2) is 24.3 Å². The van der Waals surface area contributed by atoms with E-state index in [4.69, 9.17) is 14.6 Å². The average molecular weight is 326 g/mol. The molecular formula is C20H22O4. The molecule has 0 unspecified atom stereocenters. The van der Waals surface area contributed by atoms with E-state index >= 15 is 0 Å². The minimum atomic E-state index is -0.931. The monoisotopic (exact) mass is 326 g/mol. The Kier molecular flexibility index (Phi) is 5.36. The number of fused-ring (bicyclic) bond motifs is 1. The van der Waals surface area contributed by atoms with Crippen molar-refractivity contribution >= 4 is 5.97 Å². The Labute approximate surface area is 142 Å². The van der Waals surface area contributed by atoms with Crippen molar-refractivity contribution in [2.75, 3.05) is 13.2 Å². The SMILES string of the molecule is O=C(O)c1ccc(OCCCOc2ccc3c(c2)CCCC3)cc1. The molecule has 2 aromatic rings. The van der Waals surface area contributed by atoms with Crippen molar-refractivity contribution in [3.63, 3.8) is 0 Å². The summed E-state index contributed by atoms with van der Waals surface area (Å²) in [5.41, 5.74) is 3.15. The molecule has 1 N–H and O–H groups in total. The van der Waals surface area contributed by atoms with Crippen molar-refractivity contribution in [2.45, 2.75) is 32.1 Å². The molecule has 0 heterocycles. The number of carboxylic acids is 1. The molecule has 24 heavy (non-hydrogen) atoms. The molecule has 0 aliphatic heterocycles. The lowest BCUT2D eigenvalue weighted by atomic mass is 9.92. The average Bonchev–Trinajstić information content (AvgIpc) is 2.61. The van der Waals surface area contributed by atoms with Crippen LogP contribution in [0.3, 0.4) is 0 Å². The van der Waals surface area contributed by atoms with Gasteiger partial charge in [-0.1, -0.05) is 6.07 Å². The normalized spacial score (nSPS) is 13.2. The predicted octanol–water partition coefficient (Wildman–Crippen LogP) is 4.11. The first-order valence-corrected chi connectivity index (χ1v) is 8.43. The van der Waals surface area contributed by atoms with Crippen molar-refractivity contribution in [2.24, 2.45) is 0 Å². The van der Waals surface area contributed by atoms with Gasteiger partial charge in [-0.05, 0) is 73.2 Å². The van der Waals surface area contributed by atoms with E-state index in [1.54, 1.807) is 24.3 Å². The van der Waals surface area contributed by atoms with Gasteiger partial charge in [0.2, 0.25) is 0 Å². The minimum Gasteiger partial charge on any atom is -0.493 e. The Bertz CT molecular complexity index is 691. The second-order valence-electron chi connectivity index (χ2n) is 6.02. The number of hydrogen-bond donors (Lipinski definition) is 1. The number of benzene rings is 2. The third-order valence-electron chi connectivity index (χ3n) is 4.25. The van der Waals surface area contributed by atoms with Crippen molar-refractivity contribution < 1.29 is 19.4 Å². The van der Waals surface area contributed by atoms with Crippen LogP contribution in [0, 0.1) is 0 Å². The molecule has 0 radical (unpaired) electrons. The number of carbonyl (C=O) groups is 1. The molecule has 1 aliphatic rings. The second-order valence-corrected chi connectivity index (χ2v) is 6.02. The van der Waals surface area contributed by atoms with Crippen LogP contribution in [0.15, 0.2) is 42.5 Å². The summed E-state index contributed by atoms with van der Waals surface area (Å²) in [5, 5.41) is 8.85. The van der Waals surface area contributed by atoms with Crippen molar-refractivity contribution in [3.8, 4) is 11.5 Å². The van der Waals surface area contributed by atoms with Gasteiger partial charge in [-0.25, -0.2) is 4.79 Å². The van der Waals surface area contributed by atoms with Crippen LogP contribution in [0.1, 0.15) is 40.7 Å². The lowest BCUT2D eigenvalue weighted by Gasteiger charge is -2.16. The van der Waals surface area contributed by atoms with E-state index in [9.17, 15) is 4.79 Å². The number of aromatic carboxylic acids is 1. The number of aryl methyl sites for hydroxylation is 2. The van der Waals surface area contributed by atoms with E-state index in [0.717, 1.165) is 18.6 Å². The first-order valence-electron chi connectivity index (χ1n) is 8.43. The van der Waals surface area contributed by atoms with E-state index in [1.807, 2.05) is 0 Å². The molecule has 0 spiro atoms. The Balaban J connectivity index is 1.40. The zero-order valence-electron chi connectivity index (χ0n) is 13.7. The Morgan fingerprint density at radius 1 is 0.875 bits per heavy atom. The third kappa shape index (κ3) is 4.28. The maximum absolute atomic E-state index is 10.8. The van der Waals surface area contributed by atoms with Crippen LogP contribution in [0.5, 0.6) is 11.5 Å². The van der Waals surface area contributed by atoms with Crippen molar-refractivity contribution in [1.82, 2.24) is 0 Å². The van der Waals surface area contributed by atoms with Gasteiger partial charge in [0, 0.05) is 6.42 Å². The fraction of sp³-hybridized carbons (Fsp3) is 0.350. The summed E-state index contributed by atoms with van der Waals surface area (Å²) in [5.74, 6) is 0.676. The number of carboxylic acid groups (broad SMARTS) is 1. The summed E-state index contributed by atoms with van der Waals surface area (Å²) >= 11 is 0. The van der Waals surface area contributed by atoms with Gasteiger partial charge < -0.3 is 14.6 Å². The molecule has 0 bridgehead atoms. The molecular weight excluding hydrogens is 304 g/mol. The fourth-order valence-corrected chi connectivity index (χ4v) is 2.93. The smallest absolute Gasteiger partial charge is 0.335 e. The molecule has 4 heteroatoms. The van der Waals surface area contributed by atoms with Crippen LogP contribution in [0.4, 0.5) is 0 Å². The van der Waals surface area contributed by atoms with E-state index in [1.165, 1.54) is 30.4 Å². The highest BCUT2D eigenvalue weighted by molar-refractivity contribution is 5.87. The topological polar surface area (TPSA) is 55.8 Å². The van der Waals surface area contributed by atoms with Gasteiger partial charge in [0.25, 0.3) is 0 Å². The van der Waals surface area contributed by atoms with E-state index in [-0.39, 0.29) is 5.56 Å². The molecule has 4 nitrogen and oxygen atoms in total. The van der Waals surface area contributed by atoms with Gasteiger partial charge >= 0.3 is 5.97 Å². The summed E-state index contributed by atoms with van der Waals surface area (Å²) in [7, 11) is 0. The van der Waals surface area contributed by atoms with Crippen LogP contribution in [0.25, 0.3) is 0 Å². The van der Waals surface area contributed by atoms with Crippen LogP contribution in [0.2, 0.25) is 0 Å². The first-order chi connectivity index (χ1) is 11.7. The highest BCUT2D eigenvalue weighted by atomic mass is 16.5. The molecule has 0 fully saturated rings. The second kappa shape index (κ2) is 7.86. The first kappa shape index (κ1) is 16.4. The fourth-order valence-electron chi connectivity index (χ4n) is 2.93. The van der Waals surface area contributed by atoms with Gasteiger partial charge in [-0.15, -0.1) is 0 Å². The van der Waals surface area contributed by atoms with Crippen molar-refractivity contribution in [1.29, 1.82) is 0 Å². The summed E-state index contributed by atoms with van der Waals surface area (Å²) < 4.78 is 11.4. The summed E-state index contributed by atoms with van der Waals surface area (Å²) in [6.45, 7) is 1.14. The Morgan fingerprint density at radius 2 is 1.50 bits per heavy atom. The number of rotatable bonds is 7. The molecule has 0 amide bonds. The number of ether oxygens (including phenoxy) is 2. The van der Waals surface area contributed by atoms with Gasteiger partial charge in [-0.3, -0.25) is 0 Å². The standard InChI is InChI=1S/C20H22O4/c21-20(22)16-7-9-18(10-8-16)23-12-3-13-24-19-11-6-15-4-1-2-5-17(15)14-19/h6-11,14H,1-5,12-13H2,(H,21,22). The quantitative estimate of drug-likeness (QED) is 0.778. The summed E-state index contributed by atoms with van der Waals surface area (Å²) in [6.07, 6.45) is 5.67. The molecule has 0 saturated carbocycles. The molecule has 0 saturated heterocycles. The van der Waals surface area contributed by atoms with Gasteiger partial charge in [0.05, 0.1) is 18.8 Å². The maximum atomic E-state index is 10.8. The van der Waals surface area contributed by atoms with Crippen molar-refractivity contribution in [3.05, 3.63) is 59.2 Å². The summed E-state index contributed by atoms with van der Waals surface area (Å²) in [6, 6.07) is 12.8. The van der Waals surface area contributed by atoms with E-state index in [2.05, 4.69) is 18.2 Å². The largest absolute Gasteiger partial charge is 0.493 e. The number of hydrogen-bond acceptors (Lipinski definition) is 3. The highest BCUT2D eigenvalue weighted by Crippen LogP contribution is 2.25. The van der Waals surface area contributed by atoms with E-state index < -0.39 is 5.97 Å². The Morgan fingerprint density at radius 3 is 2.21 bits per heavy atom. The molecule has 2 aromatic carbocycles. The molecule has 0 aromatic heterocycles. The molecule has 1 aliphatic carbocycles. The lowest BCUT2D eigenvalue weighted by molar-refractivity contribution is 0.0697. The molecule has 0 atom stereocenters. The summed E-state index contributed by atoms with van der Waals surface area (Å²) in [4.78, 5) is 10.8. The molecule has 126 valence electrons. The van der Waals surface area contributed by atoms with Crippen LogP contribution in [-0.2, 0) is 12.8 Å². The lowest BCUT2D eigenvalue weighted by Crippen LogP contribution is -2.07. The van der Waals surface area contributed by atoms with Crippen LogP contribution >= 0.6 is 0 Å².